The lowest BCUT2D eigenvalue weighted by Gasteiger charge is -2.16. The van der Waals surface area contributed by atoms with Crippen LogP contribution in [0.25, 0.3) is 0 Å². The first kappa shape index (κ1) is 12.0. The van der Waals surface area contributed by atoms with E-state index in [4.69, 9.17) is 10.00 Å². The Morgan fingerprint density at radius 2 is 2.53 bits per heavy atom. The van der Waals surface area contributed by atoms with Crippen molar-refractivity contribution in [3.63, 3.8) is 0 Å². The van der Waals surface area contributed by atoms with E-state index in [1.165, 1.54) is 0 Å². The number of nitriles is 1. The molecule has 1 aliphatic heterocycles. The molecule has 6 heteroatoms. The van der Waals surface area contributed by atoms with Gasteiger partial charge in [-0.2, -0.15) is 5.26 Å². The number of aliphatic hydroxyl groups excluding tert-OH is 1. The Morgan fingerprint density at radius 1 is 1.71 bits per heavy atom. The summed E-state index contributed by atoms with van der Waals surface area (Å²) in [5.74, 6) is 0.238. The lowest BCUT2D eigenvalue weighted by atomic mass is 10.0. The lowest BCUT2D eigenvalue weighted by Crippen LogP contribution is -2.17. The normalized spacial score (nSPS) is 21.4. The second kappa shape index (κ2) is 5.25. The summed E-state index contributed by atoms with van der Waals surface area (Å²) in [4.78, 5) is 0. The van der Waals surface area contributed by atoms with E-state index in [1.54, 1.807) is 4.68 Å². The Bertz CT molecular complexity index is 418. The minimum Gasteiger partial charge on any atom is -0.394 e. The van der Waals surface area contributed by atoms with Gasteiger partial charge in [-0.05, 0) is 13.3 Å². The van der Waals surface area contributed by atoms with Gasteiger partial charge in [-0.3, -0.25) is 0 Å². The predicted octanol–water partition coefficient (Wildman–Crippen LogP) is 0.401. The highest BCUT2D eigenvalue weighted by Gasteiger charge is 2.27. The van der Waals surface area contributed by atoms with Crippen LogP contribution in [-0.2, 0) is 11.2 Å². The van der Waals surface area contributed by atoms with Crippen LogP contribution in [-0.4, -0.2) is 39.9 Å². The van der Waals surface area contributed by atoms with Gasteiger partial charge in [-0.25, -0.2) is 4.68 Å². The molecule has 2 rings (SSSR count). The second-order valence-electron chi connectivity index (χ2n) is 4.29. The second-order valence-corrected chi connectivity index (χ2v) is 4.29. The van der Waals surface area contributed by atoms with Gasteiger partial charge in [0.2, 0.25) is 0 Å². The largest absolute Gasteiger partial charge is 0.394 e. The van der Waals surface area contributed by atoms with Crippen molar-refractivity contribution in [2.75, 3.05) is 19.8 Å². The molecule has 1 fully saturated rings. The average molecular weight is 236 g/mol. The molecule has 2 atom stereocenters. The van der Waals surface area contributed by atoms with Crippen molar-refractivity contribution in [3.8, 4) is 6.07 Å². The zero-order chi connectivity index (χ0) is 12.3. The number of ether oxygens (including phenoxy) is 1. The molecule has 0 spiro atoms. The van der Waals surface area contributed by atoms with Crippen molar-refractivity contribution in [1.82, 2.24) is 15.0 Å². The SMILES string of the molecule is CC(CO)n1nnc(CC#N)c1C1CCOC1. The van der Waals surface area contributed by atoms with E-state index in [1.807, 2.05) is 6.92 Å². The third-order valence-electron chi connectivity index (χ3n) is 3.05. The summed E-state index contributed by atoms with van der Waals surface area (Å²) < 4.78 is 7.10. The zero-order valence-electron chi connectivity index (χ0n) is 9.83. The molecule has 0 aliphatic carbocycles. The summed E-state index contributed by atoms with van der Waals surface area (Å²) in [6, 6.07) is 1.98. The summed E-state index contributed by atoms with van der Waals surface area (Å²) in [5, 5.41) is 26.1. The molecule has 1 aromatic rings. The van der Waals surface area contributed by atoms with Crippen LogP contribution >= 0.6 is 0 Å². The van der Waals surface area contributed by atoms with Gasteiger partial charge in [0.1, 0.15) is 5.69 Å². The molecular formula is C11H16N4O2. The fourth-order valence-electron chi connectivity index (χ4n) is 2.11. The number of nitrogens with zero attached hydrogens (tertiary/aromatic N) is 4. The fraction of sp³-hybridized carbons (Fsp3) is 0.727. The molecule has 1 aromatic heterocycles. The standard InChI is InChI=1S/C11H16N4O2/c1-8(6-16)15-11(9-3-5-17-7-9)10(2-4-12)13-14-15/h8-9,16H,2-3,5-7H2,1H3. The van der Waals surface area contributed by atoms with Crippen molar-refractivity contribution < 1.29 is 9.84 Å². The highest BCUT2D eigenvalue weighted by atomic mass is 16.5. The van der Waals surface area contributed by atoms with Crippen LogP contribution in [0.2, 0.25) is 0 Å². The molecule has 1 aliphatic rings. The van der Waals surface area contributed by atoms with Gasteiger partial charge >= 0.3 is 0 Å². The van der Waals surface area contributed by atoms with Crippen LogP contribution in [0.5, 0.6) is 0 Å². The molecule has 1 saturated heterocycles. The smallest absolute Gasteiger partial charge is 0.100 e. The Hall–Kier alpha value is -1.45. The minimum absolute atomic E-state index is 0.00985. The van der Waals surface area contributed by atoms with Gasteiger partial charge in [0, 0.05) is 12.5 Å². The molecule has 0 amide bonds. The van der Waals surface area contributed by atoms with Crippen molar-refractivity contribution in [1.29, 1.82) is 5.26 Å². The Balaban J connectivity index is 2.35. The van der Waals surface area contributed by atoms with Crippen LogP contribution in [0.1, 0.15) is 36.7 Å². The molecule has 2 heterocycles. The maximum Gasteiger partial charge on any atom is 0.100 e. The molecule has 6 nitrogen and oxygen atoms in total. The molecule has 17 heavy (non-hydrogen) atoms. The minimum atomic E-state index is -0.120. The zero-order valence-corrected chi connectivity index (χ0v) is 9.83. The average Bonchev–Trinajstić information content (AvgIpc) is 2.96. The highest BCUT2D eigenvalue weighted by Crippen LogP contribution is 2.28. The first-order valence-electron chi connectivity index (χ1n) is 5.77. The summed E-state index contributed by atoms with van der Waals surface area (Å²) in [7, 11) is 0. The van der Waals surface area contributed by atoms with Crippen LogP contribution in [0.3, 0.4) is 0 Å². The van der Waals surface area contributed by atoms with Gasteiger partial charge in [0.05, 0.1) is 37.4 Å². The molecular weight excluding hydrogens is 220 g/mol. The predicted molar refractivity (Wildman–Crippen MR) is 59.3 cm³/mol. The van der Waals surface area contributed by atoms with E-state index >= 15 is 0 Å². The Labute approximate surface area is 99.8 Å². The maximum atomic E-state index is 9.21. The Kier molecular flexibility index (Phi) is 3.71. The summed E-state index contributed by atoms with van der Waals surface area (Å²) in [6.45, 7) is 3.26. The molecule has 0 bridgehead atoms. The maximum absolute atomic E-state index is 9.21. The van der Waals surface area contributed by atoms with Gasteiger partial charge in [-0.1, -0.05) is 5.21 Å². The van der Waals surface area contributed by atoms with E-state index in [-0.39, 0.29) is 25.0 Å². The third kappa shape index (κ3) is 2.30. The number of aromatic nitrogens is 3. The molecule has 1 N–H and O–H groups in total. The fourth-order valence-corrected chi connectivity index (χ4v) is 2.11. The summed E-state index contributed by atoms with van der Waals surface area (Å²) in [5.41, 5.74) is 1.66. The van der Waals surface area contributed by atoms with E-state index in [0.29, 0.717) is 12.3 Å². The first-order chi connectivity index (χ1) is 8.27. The lowest BCUT2D eigenvalue weighted by molar-refractivity contribution is 0.190. The van der Waals surface area contributed by atoms with E-state index in [0.717, 1.165) is 18.7 Å². The van der Waals surface area contributed by atoms with Crippen LogP contribution in [0.15, 0.2) is 0 Å². The number of rotatable bonds is 4. The van der Waals surface area contributed by atoms with Crippen molar-refractivity contribution in [2.24, 2.45) is 0 Å². The highest BCUT2D eigenvalue weighted by molar-refractivity contribution is 5.20. The third-order valence-corrected chi connectivity index (χ3v) is 3.05. The van der Waals surface area contributed by atoms with Gasteiger partial charge in [-0.15, -0.1) is 5.10 Å². The van der Waals surface area contributed by atoms with Crippen LogP contribution in [0.4, 0.5) is 0 Å². The quantitative estimate of drug-likeness (QED) is 0.818. The monoisotopic (exact) mass is 236 g/mol. The molecule has 92 valence electrons. The molecule has 0 aromatic carbocycles. The topological polar surface area (TPSA) is 84.0 Å². The summed E-state index contributed by atoms with van der Waals surface area (Å²) in [6.07, 6.45) is 1.17. The number of hydrogen-bond donors (Lipinski definition) is 1. The summed E-state index contributed by atoms with van der Waals surface area (Å²) >= 11 is 0. The van der Waals surface area contributed by atoms with Crippen LogP contribution < -0.4 is 0 Å². The van der Waals surface area contributed by atoms with Gasteiger partial charge < -0.3 is 9.84 Å². The van der Waals surface area contributed by atoms with E-state index in [2.05, 4.69) is 16.4 Å². The van der Waals surface area contributed by atoms with Gasteiger partial charge in [0.25, 0.3) is 0 Å². The van der Waals surface area contributed by atoms with E-state index < -0.39 is 0 Å². The van der Waals surface area contributed by atoms with Crippen molar-refractivity contribution in [3.05, 3.63) is 11.4 Å². The van der Waals surface area contributed by atoms with Crippen molar-refractivity contribution in [2.45, 2.75) is 31.7 Å². The number of hydrogen-bond acceptors (Lipinski definition) is 5. The molecule has 0 saturated carbocycles. The molecule has 2 unspecified atom stereocenters. The van der Waals surface area contributed by atoms with Gasteiger partial charge in [0.15, 0.2) is 0 Å². The first-order valence-corrected chi connectivity index (χ1v) is 5.77. The molecule has 0 radical (unpaired) electrons. The number of aliphatic hydroxyl groups is 1. The van der Waals surface area contributed by atoms with E-state index in [9.17, 15) is 5.11 Å². The van der Waals surface area contributed by atoms with Crippen LogP contribution in [0, 0.1) is 11.3 Å². The van der Waals surface area contributed by atoms with Crippen molar-refractivity contribution >= 4 is 0 Å². The Morgan fingerprint density at radius 3 is 3.12 bits per heavy atom.